The molecule has 1 aliphatic rings. The van der Waals surface area contributed by atoms with Crippen LogP contribution >= 0.6 is 0 Å². The fourth-order valence-electron chi connectivity index (χ4n) is 1.87. The molecule has 1 aromatic heterocycles. The number of ether oxygens (including phenoxy) is 1. The van der Waals surface area contributed by atoms with Crippen LogP contribution in [0.2, 0.25) is 0 Å². The average Bonchev–Trinajstić information content (AvgIpc) is 2.86. The molecule has 1 fully saturated rings. The Morgan fingerprint density at radius 1 is 1.50 bits per heavy atom. The van der Waals surface area contributed by atoms with Gasteiger partial charge in [0.15, 0.2) is 5.82 Å². The molecule has 0 saturated carbocycles. The standard InChI is InChI=1S/C10H14F3N3O2/c1-9(3-2-4-14-9)8-15-7(16-18-8)5-17-6-10(11,12)13/h14H,2-6H2,1H3. The highest BCUT2D eigenvalue weighted by Crippen LogP contribution is 2.28. The molecule has 18 heavy (non-hydrogen) atoms. The molecule has 0 bridgehead atoms. The second-order valence-corrected chi connectivity index (χ2v) is 4.49. The lowest BCUT2D eigenvalue weighted by atomic mass is 10.0. The van der Waals surface area contributed by atoms with E-state index in [1.807, 2.05) is 6.92 Å². The Hall–Kier alpha value is -1.15. The Morgan fingerprint density at radius 2 is 2.28 bits per heavy atom. The number of hydrogen-bond donors (Lipinski definition) is 1. The van der Waals surface area contributed by atoms with E-state index in [1.54, 1.807) is 0 Å². The van der Waals surface area contributed by atoms with Gasteiger partial charge < -0.3 is 14.6 Å². The highest BCUT2D eigenvalue weighted by Gasteiger charge is 2.35. The van der Waals surface area contributed by atoms with Gasteiger partial charge in [0.05, 0.1) is 5.54 Å². The molecular weight excluding hydrogens is 251 g/mol. The first kappa shape index (κ1) is 13.3. The number of aromatic nitrogens is 2. The maximum absolute atomic E-state index is 11.9. The number of halogens is 3. The second-order valence-electron chi connectivity index (χ2n) is 4.49. The van der Waals surface area contributed by atoms with Crippen molar-refractivity contribution < 1.29 is 22.4 Å². The summed E-state index contributed by atoms with van der Waals surface area (Å²) < 4.78 is 45.1. The van der Waals surface area contributed by atoms with Crippen LogP contribution in [-0.4, -0.2) is 29.5 Å². The van der Waals surface area contributed by atoms with Crippen LogP contribution in [0.1, 0.15) is 31.5 Å². The van der Waals surface area contributed by atoms with Gasteiger partial charge in [0.25, 0.3) is 0 Å². The van der Waals surface area contributed by atoms with Gasteiger partial charge in [-0.05, 0) is 26.3 Å². The summed E-state index contributed by atoms with van der Waals surface area (Å²) in [6.45, 7) is 1.16. The second kappa shape index (κ2) is 4.85. The molecule has 0 radical (unpaired) electrons. The van der Waals surface area contributed by atoms with Crippen molar-refractivity contribution in [2.24, 2.45) is 0 Å². The Balaban J connectivity index is 1.90. The molecule has 102 valence electrons. The monoisotopic (exact) mass is 265 g/mol. The van der Waals surface area contributed by atoms with E-state index in [0.29, 0.717) is 5.89 Å². The van der Waals surface area contributed by atoms with Crippen molar-refractivity contribution in [3.05, 3.63) is 11.7 Å². The molecule has 1 N–H and O–H groups in total. The number of rotatable bonds is 4. The maximum atomic E-state index is 11.9. The lowest BCUT2D eigenvalue weighted by Gasteiger charge is -2.18. The first-order valence-corrected chi connectivity index (χ1v) is 5.62. The zero-order valence-corrected chi connectivity index (χ0v) is 9.88. The van der Waals surface area contributed by atoms with Crippen molar-refractivity contribution in [3.8, 4) is 0 Å². The molecule has 1 aromatic rings. The molecule has 0 aliphatic carbocycles. The van der Waals surface area contributed by atoms with Gasteiger partial charge in [-0.15, -0.1) is 0 Å². The Bertz CT molecular complexity index is 399. The Labute approximate surface area is 102 Å². The Kier molecular flexibility index (Phi) is 3.58. The van der Waals surface area contributed by atoms with Crippen molar-refractivity contribution >= 4 is 0 Å². The third-order valence-corrected chi connectivity index (χ3v) is 2.81. The third-order valence-electron chi connectivity index (χ3n) is 2.81. The van der Waals surface area contributed by atoms with Crippen molar-refractivity contribution in [1.29, 1.82) is 0 Å². The minimum absolute atomic E-state index is 0.129. The summed E-state index contributed by atoms with van der Waals surface area (Å²) in [6, 6.07) is 0. The van der Waals surface area contributed by atoms with E-state index >= 15 is 0 Å². The molecular formula is C10H14F3N3O2. The molecule has 2 rings (SSSR count). The minimum Gasteiger partial charge on any atom is -0.364 e. The number of alkyl halides is 3. The number of nitrogens with zero attached hydrogens (tertiary/aromatic N) is 2. The summed E-state index contributed by atoms with van der Waals surface area (Å²) in [6.07, 6.45) is -2.48. The van der Waals surface area contributed by atoms with E-state index in [4.69, 9.17) is 4.52 Å². The summed E-state index contributed by atoms with van der Waals surface area (Å²) in [5.41, 5.74) is -0.380. The molecule has 0 aromatic carbocycles. The zero-order valence-electron chi connectivity index (χ0n) is 9.88. The molecule has 8 heteroatoms. The third kappa shape index (κ3) is 3.20. The molecule has 1 unspecified atom stereocenters. The number of hydrogen-bond acceptors (Lipinski definition) is 5. The van der Waals surface area contributed by atoms with E-state index in [1.165, 1.54) is 0 Å². The van der Waals surface area contributed by atoms with Crippen molar-refractivity contribution in [3.63, 3.8) is 0 Å². The highest BCUT2D eigenvalue weighted by molar-refractivity contribution is 5.03. The van der Waals surface area contributed by atoms with E-state index in [2.05, 4.69) is 20.2 Å². The van der Waals surface area contributed by atoms with Gasteiger partial charge in [0, 0.05) is 0 Å². The summed E-state index contributed by atoms with van der Waals surface area (Å²) in [5, 5.41) is 6.83. The summed E-state index contributed by atoms with van der Waals surface area (Å²) in [7, 11) is 0. The van der Waals surface area contributed by atoms with Gasteiger partial charge in [-0.3, -0.25) is 0 Å². The topological polar surface area (TPSA) is 60.2 Å². The van der Waals surface area contributed by atoms with Crippen LogP contribution in [0.3, 0.4) is 0 Å². The van der Waals surface area contributed by atoms with Gasteiger partial charge in [-0.25, -0.2) is 0 Å². The normalized spacial score (nSPS) is 24.7. The predicted octanol–water partition coefficient (Wildman–Crippen LogP) is 1.75. The van der Waals surface area contributed by atoms with Crippen LogP contribution in [0.4, 0.5) is 13.2 Å². The summed E-state index contributed by atoms with van der Waals surface area (Å²) in [4.78, 5) is 4.05. The average molecular weight is 265 g/mol. The van der Waals surface area contributed by atoms with Gasteiger partial charge in [0.1, 0.15) is 13.2 Å². The van der Waals surface area contributed by atoms with Crippen LogP contribution in [0.25, 0.3) is 0 Å². The van der Waals surface area contributed by atoms with E-state index in [0.717, 1.165) is 19.4 Å². The van der Waals surface area contributed by atoms with Gasteiger partial charge in [-0.1, -0.05) is 5.16 Å². The molecule has 5 nitrogen and oxygen atoms in total. The van der Waals surface area contributed by atoms with E-state index < -0.39 is 12.8 Å². The van der Waals surface area contributed by atoms with Crippen LogP contribution in [0.5, 0.6) is 0 Å². The fraction of sp³-hybridized carbons (Fsp3) is 0.800. The molecule has 0 spiro atoms. The van der Waals surface area contributed by atoms with Gasteiger partial charge in [-0.2, -0.15) is 18.2 Å². The zero-order chi connectivity index (χ0) is 13.2. The minimum atomic E-state index is -4.34. The van der Waals surface area contributed by atoms with Crippen molar-refractivity contribution in [2.45, 2.75) is 38.1 Å². The lowest BCUT2D eigenvalue weighted by molar-refractivity contribution is -0.177. The number of nitrogens with one attached hydrogen (secondary N) is 1. The largest absolute Gasteiger partial charge is 0.411 e. The Morgan fingerprint density at radius 3 is 2.89 bits per heavy atom. The first-order chi connectivity index (χ1) is 8.39. The molecule has 1 aliphatic heterocycles. The van der Waals surface area contributed by atoms with Crippen LogP contribution in [0.15, 0.2) is 4.52 Å². The SMILES string of the molecule is CC1(c2nc(COCC(F)(F)F)no2)CCCN1. The van der Waals surface area contributed by atoms with Crippen molar-refractivity contribution in [1.82, 2.24) is 15.5 Å². The summed E-state index contributed by atoms with van der Waals surface area (Å²) >= 11 is 0. The van der Waals surface area contributed by atoms with Gasteiger partial charge in [0.2, 0.25) is 5.89 Å². The molecule has 1 atom stereocenters. The van der Waals surface area contributed by atoms with E-state index in [9.17, 15) is 13.2 Å². The molecule has 2 heterocycles. The van der Waals surface area contributed by atoms with Gasteiger partial charge >= 0.3 is 6.18 Å². The first-order valence-electron chi connectivity index (χ1n) is 5.62. The van der Waals surface area contributed by atoms with Crippen LogP contribution in [0, 0.1) is 0 Å². The van der Waals surface area contributed by atoms with E-state index in [-0.39, 0.29) is 18.0 Å². The smallest absolute Gasteiger partial charge is 0.364 e. The van der Waals surface area contributed by atoms with Crippen LogP contribution < -0.4 is 5.32 Å². The quantitative estimate of drug-likeness (QED) is 0.898. The molecule has 0 amide bonds. The lowest BCUT2D eigenvalue weighted by Crippen LogP contribution is -2.33. The maximum Gasteiger partial charge on any atom is 0.411 e. The highest BCUT2D eigenvalue weighted by atomic mass is 19.4. The molecule has 1 saturated heterocycles. The van der Waals surface area contributed by atoms with Crippen LogP contribution in [-0.2, 0) is 16.9 Å². The fourth-order valence-corrected chi connectivity index (χ4v) is 1.87. The van der Waals surface area contributed by atoms with Crippen molar-refractivity contribution in [2.75, 3.05) is 13.2 Å². The predicted molar refractivity (Wildman–Crippen MR) is 54.6 cm³/mol. The summed E-state index contributed by atoms with van der Waals surface area (Å²) in [5.74, 6) is 0.523.